The largest absolute Gasteiger partial charge is 0.473 e. The number of amides is 1. The maximum atomic E-state index is 10.4. The third-order valence-electron chi connectivity index (χ3n) is 1.36. The van der Waals surface area contributed by atoms with Crippen LogP contribution in [0.25, 0.3) is 0 Å². The van der Waals surface area contributed by atoms with E-state index in [1.165, 1.54) is 5.06 Å². The monoisotopic (exact) mass is 169 g/mol. The third kappa shape index (κ3) is 1.14. The number of carbonyl (C=O) groups is 1. The van der Waals surface area contributed by atoms with E-state index in [-0.39, 0.29) is 6.09 Å². The van der Waals surface area contributed by atoms with Gasteiger partial charge >= 0.3 is 6.09 Å². The van der Waals surface area contributed by atoms with Crippen molar-refractivity contribution in [3.05, 3.63) is 29.3 Å². The van der Waals surface area contributed by atoms with E-state index >= 15 is 0 Å². The van der Waals surface area contributed by atoms with E-state index in [9.17, 15) is 4.79 Å². The molecule has 0 bridgehead atoms. The van der Waals surface area contributed by atoms with Gasteiger partial charge in [0.2, 0.25) is 0 Å². The van der Waals surface area contributed by atoms with Crippen molar-refractivity contribution in [2.24, 2.45) is 0 Å². The zero-order valence-electron chi connectivity index (χ0n) is 5.45. The average Bonchev–Trinajstić information content (AvgIpc) is 2.69. The normalized spacial score (nSPS) is 14.6. The highest BCUT2D eigenvalue weighted by molar-refractivity contribution is 6.30. The molecule has 1 aromatic carbocycles. The van der Waals surface area contributed by atoms with Gasteiger partial charge in [0.25, 0.3) is 0 Å². The molecule has 1 aromatic rings. The highest BCUT2D eigenvalue weighted by Gasteiger charge is 2.35. The van der Waals surface area contributed by atoms with Gasteiger partial charge in [-0.1, -0.05) is 16.7 Å². The Morgan fingerprint density at radius 1 is 1.27 bits per heavy atom. The molecule has 3 nitrogen and oxygen atoms in total. The van der Waals surface area contributed by atoms with Crippen LogP contribution in [0.4, 0.5) is 10.5 Å². The topological polar surface area (TPSA) is 32.6 Å². The number of hydroxylamine groups is 1. The van der Waals surface area contributed by atoms with Gasteiger partial charge in [0.15, 0.2) is 0 Å². The molecule has 1 amide bonds. The Labute approximate surface area is 68.1 Å². The summed E-state index contributed by atoms with van der Waals surface area (Å²) in [5.74, 6) is 0. The molecule has 0 spiro atoms. The fraction of sp³-hybridized carbons (Fsp3) is 0. The first-order valence-corrected chi connectivity index (χ1v) is 3.43. The minimum atomic E-state index is -0.327. The van der Waals surface area contributed by atoms with Crippen molar-refractivity contribution in [2.75, 3.05) is 5.06 Å². The lowest BCUT2D eigenvalue weighted by Crippen LogP contribution is -1.90. The first-order chi connectivity index (χ1) is 5.27. The van der Waals surface area contributed by atoms with Crippen molar-refractivity contribution in [1.29, 1.82) is 0 Å². The molecule has 1 aliphatic rings. The number of benzene rings is 1. The molecule has 1 heterocycles. The SMILES string of the molecule is O=C1ON1c1ccc(Cl)cc1. The molecule has 11 heavy (non-hydrogen) atoms. The zero-order valence-corrected chi connectivity index (χ0v) is 6.21. The minimum Gasteiger partial charge on any atom is -0.308 e. The highest BCUT2D eigenvalue weighted by Crippen LogP contribution is 2.25. The predicted molar refractivity (Wildman–Crippen MR) is 40.4 cm³/mol. The minimum absolute atomic E-state index is 0.327. The number of nitrogens with zero attached hydrogens (tertiary/aromatic N) is 1. The Hall–Kier alpha value is -1.22. The van der Waals surface area contributed by atoms with Gasteiger partial charge in [-0.25, -0.2) is 4.79 Å². The summed E-state index contributed by atoms with van der Waals surface area (Å²) < 4.78 is 0. The average molecular weight is 170 g/mol. The van der Waals surface area contributed by atoms with Crippen LogP contribution in [0.15, 0.2) is 24.3 Å². The van der Waals surface area contributed by atoms with Crippen molar-refractivity contribution >= 4 is 23.4 Å². The summed E-state index contributed by atoms with van der Waals surface area (Å²) in [5, 5.41) is 1.83. The van der Waals surface area contributed by atoms with Crippen molar-refractivity contribution in [2.45, 2.75) is 0 Å². The van der Waals surface area contributed by atoms with Crippen LogP contribution in [0.2, 0.25) is 5.02 Å². The summed E-state index contributed by atoms with van der Waals surface area (Å²) in [6, 6.07) is 6.83. The van der Waals surface area contributed by atoms with Crippen molar-refractivity contribution < 1.29 is 9.63 Å². The van der Waals surface area contributed by atoms with Gasteiger partial charge in [0.1, 0.15) is 0 Å². The Morgan fingerprint density at radius 3 is 2.27 bits per heavy atom. The van der Waals surface area contributed by atoms with Gasteiger partial charge in [-0.2, -0.15) is 0 Å². The van der Waals surface area contributed by atoms with Crippen LogP contribution in [-0.4, -0.2) is 6.09 Å². The standard InChI is InChI=1S/C7H4ClNO2/c8-5-1-3-6(4-2-5)9-7(10)11-9/h1-4H. The molecule has 0 radical (unpaired) electrons. The van der Waals surface area contributed by atoms with Crippen LogP contribution in [0.5, 0.6) is 0 Å². The maximum Gasteiger partial charge on any atom is 0.473 e. The van der Waals surface area contributed by atoms with Gasteiger partial charge in [-0.15, -0.1) is 0 Å². The Balaban J connectivity index is 2.27. The lowest BCUT2D eigenvalue weighted by atomic mass is 10.3. The van der Waals surface area contributed by atoms with E-state index in [1.54, 1.807) is 24.3 Å². The summed E-state index contributed by atoms with van der Waals surface area (Å²) in [4.78, 5) is 14.9. The quantitative estimate of drug-likeness (QED) is 0.604. The lowest BCUT2D eigenvalue weighted by molar-refractivity contribution is 0.248. The van der Waals surface area contributed by atoms with E-state index in [0.29, 0.717) is 10.7 Å². The first-order valence-electron chi connectivity index (χ1n) is 3.05. The Bertz CT molecular complexity index is 296. The van der Waals surface area contributed by atoms with Gasteiger partial charge < -0.3 is 4.84 Å². The summed E-state index contributed by atoms with van der Waals surface area (Å²) in [7, 11) is 0. The van der Waals surface area contributed by atoms with Crippen molar-refractivity contribution in [1.82, 2.24) is 0 Å². The highest BCUT2D eigenvalue weighted by atomic mass is 35.5. The molecule has 1 aliphatic heterocycles. The summed E-state index contributed by atoms with van der Waals surface area (Å²) in [6.07, 6.45) is -0.327. The maximum absolute atomic E-state index is 10.4. The van der Waals surface area contributed by atoms with Gasteiger partial charge in [0.05, 0.1) is 5.69 Å². The molecule has 4 heteroatoms. The van der Waals surface area contributed by atoms with Crippen LogP contribution >= 0.6 is 11.6 Å². The Kier molecular flexibility index (Phi) is 1.26. The second-order valence-corrected chi connectivity index (χ2v) is 2.56. The second-order valence-electron chi connectivity index (χ2n) is 2.13. The predicted octanol–water partition coefficient (Wildman–Crippen LogP) is 2.21. The summed E-state index contributed by atoms with van der Waals surface area (Å²) in [5.41, 5.74) is 0.708. The number of anilines is 1. The van der Waals surface area contributed by atoms with Crippen LogP contribution in [-0.2, 0) is 4.84 Å². The van der Waals surface area contributed by atoms with Gasteiger partial charge in [-0.3, -0.25) is 0 Å². The van der Waals surface area contributed by atoms with Crippen molar-refractivity contribution in [3.63, 3.8) is 0 Å². The number of halogens is 1. The number of hydrogen-bond acceptors (Lipinski definition) is 2. The fourth-order valence-electron chi connectivity index (χ4n) is 0.792. The third-order valence-corrected chi connectivity index (χ3v) is 1.62. The van der Waals surface area contributed by atoms with E-state index < -0.39 is 0 Å². The first kappa shape index (κ1) is 6.49. The molecule has 56 valence electrons. The van der Waals surface area contributed by atoms with Crippen LogP contribution in [0.3, 0.4) is 0 Å². The molecule has 0 saturated carbocycles. The van der Waals surface area contributed by atoms with Crippen LogP contribution in [0.1, 0.15) is 0 Å². The zero-order chi connectivity index (χ0) is 7.84. The molecule has 1 saturated heterocycles. The summed E-state index contributed by atoms with van der Waals surface area (Å²) in [6.45, 7) is 0. The van der Waals surface area contributed by atoms with E-state index in [0.717, 1.165) is 0 Å². The van der Waals surface area contributed by atoms with E-state index in [1.807, 2.05) is 0 Å². The number of carbonyl (C=O) groups excluding carboxylic acids is 1. The molecule has 2 rings (SSSR count). The molecular formula is C7H4ClNO2. The van der Waals surface area contributed by atoms with E-state index in [2.05, 4.69) is 4.84 Å². The molecule has 0 aliphatic carbocycles. The van der Waals surface area contributed by atoms with E-state index in [4.69, 9.17) is 11.6 Å². The fourth-order valence-corrected chi connectivity index (χ4v) is 0.918. The molecule has 0 unspecified atom stereocenters. The molecule has 1 fully saturated rings. The summed E-state index contributed by atoms with van der Waals surface area (Å²) >= 11 is 5.63. The number of hydrogen-bond donors (Lipinski definition) is 0. The van der Waals surface area contributed by atoms with Crippen LogP contribution < -0.4 is 5.06 Å². The number of rotatable bonds is 1. The van der Waals surface area contributed by atoms with Gasteiger partial charge in [-0.05, 0) is 24.3 Å². The van der Waals surface area contributed by atoms with Gasteiger partial charge in [0, 0.05) is 5.02 Å². The molecular weight excluding hydrogens is 166 g/mol. The molecule has 0 aromatic heterocycles. The lowest BCUT2D eigenvalue weighted by Gasteiger charge is -1.93. The smallest absolute Gasteiger partial charge is 0.308 e. The van der Waals surface area contributed by atoms with Crippen molar-refractivity contribution in [3.8, 4) is 0 Å². The second kappa shape index (κ2) is 2.13. The molecule has 0 atom stereocenters. The van der Waals surface area contributed by atoms with Crippen LogP contribution in [0, 0.1) is 0 Å². The Morgan fingerprint density at radius 2 is 1.82 bits per heavy atom. The molecule has 0 N–H and O–H groups in total.